The van der Waals surface area contributed by atoms with Gasteiger partial charge in [-0.2, -0.15) is 4.37 Å². The highest BCUT2D eigenvalue weighted by atomic mass is 32.1. The predicted molar refractivity (Wildman–Crippen MR) is 58.8 cm³/mol. The van der Waals surface area contributed by atoms with E-state index >= 15 is 0 Å². The minimum absolute atomic E-state index is 0.0237. The quantitative estimate of drug-likeness (QED) is 0.836. The molecule has 1 aromatic rings. The molecular formula is C10H16N2OS. The van der Waals surface area contributed by atoms with Crippen molar-refractivity contribution < 1.29 is 4.79 Å². The molecule has 4 heteroatoms. The highest BCUT2D eigenvalue weighted by Crippen LogP contribution is 2.17. The zero-order chi connectivity index (χ0) is 10.7. The molecule has 0 aliphatic carbocycles. The molecular weight excluding hydrogens is 196 g/mol. The van der Waals surface area contributed by atoms with E-state index in [1.54, 1.807) is 0 Å². The third-order valence-corrected chi connectivity index (χ3v) is 2.57. The van der Waals surface area contributed by atoms with Gasteiger partial charge in [-0.15, -0.1) is 0 Å². The second kappa shape index (κ2) is 4.55. The molecule has 1 aromatic heterocycles. The minimum Gasteiger partial charge on any atom is -0.349 e. The molecule has 0 unspecified atom stereocenters. The Bertz CT molecular complexity index is 318. The maximum Gasteiger partial charge on any atom is 0.263 e. The number of amides is 1. The van der Waals surface area contributed by atoms with Crippen LogP contribution in [0.1, 0.15) is 49.0 Å². The summed E-state index contributed by atoms with van der Waals surface area (Å²) in [6.07, 6.45) is 0. The summed E-state index contributed by atoms with van der Waals surface area (Å²) < 4.78 is 4.22. The van der Waals surface area contributed by atoms with E-state index in [1.807, 2.05) is 19.9 Å². The molecule has 14 heavy (non-hydrogen) atoms. The lowest BCUT2D eigenvalue weighted by Crippen LogP contribution is -2.29. The highest BCUT2D eigenvalue weighted by molar-refractivity contribution is 7.08. The molecule has 78 valence electrons. The van der Waals surface area contributed by atoms with Gasteiger partial charge in [-0.1, -0.05) is 13.8 Å². The average molecular weight is 212 g/mol. The lowest BCUT2D eigenvalue weighted by atomic mass is 10.1. The SMILES string of the molecule is CC(C)NC(=O)c1cc(C(C)C)ns1. The highest BCUT2D eigenvalue weighted by Gasteiger charge is 2.12. The molecule has 1 rings (SSSR count). The largest absolute Gasteiger partial charge is 0.349 e. The van der Waals surface area contributed by atoms with Gasteiger partial charge in [-0.25, -0.2) is 0 Å². The summed E-state index contributed by atoms with van der Waals surface area (Å²) in [5.74, 6) is 0.358. The van der Waals surface area contributed by atoms with Crippen LogP contribution in [0.5, 0.6) is 0 Å². The summed E-state index contributed by atoms with van der Waals surface area (Å²) in [5.41, 5.74) is 0.990. The lowest BCUT2D eigenvalue weighted by Gasteiger charge is -2.05. The van der Waals surface area contributed by atoms with Crippen molar-refractivity contribution >= 4 is 17.4 Å². The van der Waals surface area contributed by atoms with Crippen LogP contribution >= 0.6 is 11.5 Å². The molecule has 0 aliphatic heterocycles. The van der Waals surface area contributed by atoms with E-state index in [2.05, 4.69) is 23.5 Å². The first-order valence-electron chi connectivity index (χ1n) is 4.78. The minimum atomic E-state index is -0.0237. The van der Waals surface area contributed by atoms with Gasteiger partial charge in [0, 0.05) is 6.04 Å². The van der Waals surface area contributed by atoms with E-state index in [0.717, 1.165) is 5.69 Å². The fourth-order valence-electron chi connectivity index (χ4n) is 1.00. The lowest BCUT2D eigenvalue weighted by molar-refractivity contribution is 0.0947. The van der Waals surface area contributed by atoms with Crippen LogP contribution in [0.15, 0.2) is 6.07 Å². The van der Waals surface area contributed by atoms with Crippen molar-refractivity contribution in [3.63, 3.8) is 0 Å². The smallest absolute Gasteiger partial charge is 0.263 e. The number of nitrogens with zero attached hydrogens (tertiary/aromatic N) is 1. The van der Waals surface area contributed by atoms with Crippen molar-refractivity contribution in [3.05, 3.63) is 16.6 Å². The van der Waals surface area contributed by atoms with Crippen LogP contribution < -0.4 is 5.32 Å². The number of hydrogen-bond acceptors (Lipinski definition) is 3. The number of carbonyl (C=O) groups excluding carboxylic acids is 1. The third-order valence-electron chi connectivity index (χ3n) is 1.76. The molecule has 0 atom stereocenters. The van der Waals surface area contributed by atoms with E-state index in [9.17, 15) is 4.79 Å². The Morgan fingerprint density at radius 2 is 2.07 bits per heavy atom. The molecule has 0 saturated carbocycles. The van der Waals surface area contributed by atoms with Crippen LogP contribution in [-0.4, -0.2) is 16.3 Å². The van der Waals surface area contributed by atoms with Crippen LogP contribution in [0, 0.1) is 0 Å². The van der Waals surface area contributed by atoms with Crippen LogP contribution in [0.2, 0.25) is 0 Å². The van der Waals surface area contributed by atoms with Crippen LogP contribution in [0.25, 0.3) is 0 Å². The summed E-state index contributed by atoms with van der Waals surface area (Å²) in [7, 11) is 0. The number of nitrogens with one attached hydrogen (secondary N) is 1. The van der Waals surface area contributed by atoms with Crippen molar-refractivity contribution in [2.75, 3.05) is 0 Å². The summed E-state index contributed by atoms with van der Waals surface area (Å²) in [6.45, 7) is 8.03. The predicted octanol–water partition coefficient (Wildman–Crippen LogP) is 2.40. The van der Waals surface area contributed by atoms with Crippen molar-refractivity contribution in [2.45, 2.75) is 39.7 Å². The summed E-state index contributed by atoms with van der Waals surface area (Å²) in [6, 6.07) is 2.04. The van der Waals surface area contributed by atoms with Crippen LogP contribution in [-0.2, 0) is 0 Å². The van der Waals surface area contributed by atoms with Crippen molar-refractivity contribution in [2.24, 2.45) is 0 Å². The standard InChI is InChI=1S/C10H16N2OS/c1-6(2)8-5-9(14-12-8)10(13)11-7(3)4/h5-7H,1-4H3,(H,11,13). The zero-order valence-corrected chi connectivity index (χ0v) is 9.81. The van der Waals surface area contributed by atoms with E-state index < -0.39 is 0 Å². The first-order valence-corrected chi connectivity index (χ1v) is 5.55. The van der Waals surface area contributed by atoms with Crippen LogP contribution in [0.4, 0.5) is 0 Å². The summed E-state index contributed by atoms with van der Waals surface area (Å²) in [4.78, 5) is 12.2. The molecule has 1 N–H and O–H groups in total. The zero-order valence-electron chi connectivity index (χ0n) is 9.00. The molecule has 3 nitrogen and oxygen atoms in total. The maximum absolute atomic E-state index is 11.6. The van der Waals surface area contributed by atoms with E-state index in [-0.39, 0.29) is 11.9 Å². The molecule has 0 spiro atoms. The van der Waals surface area contributed by atoms with Gasteiger partial charge in [0.1, 0.15) is 4.88 Å². The second-order valence-electron chi connectivity index (χ2n) is 3.90. The first-order chi connectivity index (χ1) is 6.50. The van der Waals surface area contributed by atoms with Gasteiger partial charge < -0.3 is 5.32 Å². The number of rotatable bonds is 3. The molecule has 0 radical (unpaired) electrons. The third kappa shape index (κ3) is 2.80. The van der Waals surface area contributed by atoms with Gasteiger partial charge in [0.15, 0.2) is 0 Å². The van der Waals surface area contributed by atoms with Crippen molar-refractivity contribution in [3.8, 4) is 0 Å². The van der Waals surface area contributed by atoms with Gasteiger partial charge in [0.2, 0.25) is 0 Å². The fourth-order valence-corrected chi connectivity index (χ4v) is 1.78. The average Bonchev–Trinajstić information content (AvgIpc) is 2.50. The van der Waals surface area contributed by atoms with E-state index in [4.69, 9.17) is 0 Å². The van der Waals surface area contributed by atoms with Gasteiger partial charge >= 0.3 is 0 Å². The van der Waals surface area contributed by atoms with Gasteiger partial charge in [-0.3, -0.25) is 4.79 Å². The maximum atomic E-state index is 11.6. The summed E-state index contributed by atoms with van der Waals surface area (Å²) in [5, 5.41) is 2.84. The van der Waals surface area contributed by atoms with Crippen molar-refractivity contribution in [1.82, 2.24) is 9.69 Å². The fraction of sp³-hybridized carbons (Fsp3) is 0.600. The molecule has 0 aromatic carbocycles. The molecule has 0 saturated heterocycles. The summed E-state index contributed by atoms with van der Waals surface area (Å²) >= 11 is 1.27. The normalized spacial score (nSPS) is 11.0. The van der Waals surface area contributed by atoms with Gasteiger partial charge in [-0.05, 0) is 37.4 Å². The topological polar surface area (TPSA) is 42.0 Å². The van der Waals surface area contributed by atoms with E-state index in [0.29, 0.717) is 10.8 Å². The Hall–Kier alpha value is -0.900. The number of carbonyl (C=O) groups is 1. The van der Waals surface area contributed by atoms with Gasteiger partial charge in [0.05, 0.1) is 5.69 Å². The Morgan fingerprint density at radius 1 is 1.43 bits per heavy atom. The number of aromatic nitrogens is 1. The molecule has 0 aliphatic rings. The monoisotopic (exact) mass is 212 g/mol. The Morgan fingerprint density at radius 3 is 2.50 bits per heavy atom. The van der Waals surface area contributed by atoms with Crippen molar-refractivity contribution in [1.29, 1.82) is 0 Å². The number of hydrogen-bond donors (Lipinski definition) is 1. The molecule has 1 amide bonds. The molecule has 1 heterocycles. The van der Waals surface area contributed by atoms with Crippen LogP contribution in [0.3, 0.4) is 0 Å². The Labute approximate surface area is 88.7 Å². The first kappa shape index (κ1) is 11.2. The second-order valence-corrected chi connectivity index (χ2v) is 4.70. The van der Waals surface area contributed by atoms with E-state index in [1.165, 1.54) is 11.5 Å². The van der Waals surface area contributed by atoms with Gasteiger partial charge in [0.25, 0.3) is 5.91 Å². The molecule has 0 bridgehead atoms. The Kier molecular flexibility index (Phi) is 3.63. The Balaban J connectivity index is 2.71. The molecule has 0 fully saturated rings.